The third-order valence-electron chi connectivity index (χ3n) is 3.69. The molecule has 0 aliphatic heterocycles. The topological polar surface area (TPSA) is 84.2 Å². The van der Waals surface area contributed by atoms with Gasteiger partial charge in [0.05, 0.1) is 11.9 Å². The van der Waals surface area contributed by atoms with E-state index in [1.54, 1.807) is 10.9 Å². The van der Waals surface area contributed by atoms with Gasteiger partial charge in [-0.25, -0.2) is 4.68 Å². The van der Waals surface area contributed by atoms with Crippen LogP contribution in [-0.2, 0) is 16.0 Å². The molecule has 24 heavy (non-hydrogen) atoms. The molecule has 6 nitrogen and oxygen atoms in total. The minimum Gasteiger partial charge on any atom is -0.481 e. The second-order valence-corrected chi connectivity index (χ2v) is 5.68. The third kappa shape index (κ3) is 6.24. The number of carbonyl (C=O) groups is 2. The summed E-state index contributed by atoms with van der Waals surface area (Å²) in [5, 5.41) is 15.7. The van der Waals surface area contributed by atoms with Crippen molar-refractivity contribution in [3.63, 3.8) is 0 Å². The number of benzene rings is 1. The smallest absolute Gasteiger partial charge is 0.303 e. The zero-order valence-electron chi connectivity index (χ0n) is 13.6. The lowest BCUT2D eigenvalue weighted by Gasteiger charge is -2.04. The Morgan fingerprint density at radius 2 is 1.88 bits per heavy atom. The number of aryl methyl sites for hydroxylation is 1. The van der Waals surface area contributed by atoms with Gasteiger partial charge >= 0.3 is 5.97 Å². The molecule has 0 fully saturated rings. The first kappa shape index (κ1) is 17.7. The molecule has 2 aromatic rings. The van der Waals surface area contributed by atoms with Crippen molar-refractivity contribution in [2.24, 2.45) is 0 Å². The van der Waals surface area contributed by atoms with E-state index in [1.807, 2.05) is 36.5 Å². The number of carboxylic acids is 1. The molecule has 0 radical (unpaired) electrons. The van der Waals surface area contributed by atoms with Crippen LogP contribution in [0.15, 0.2) is 42.7 Å². The highest BCUT2D eigenvalue weighted by Gasteiger charge is 2.05. The van der Waals surface area contributed by atoms with E-state index in [1.165, 1.54) is 0 Å². The lowest BCUT2D eigenvalue weighted by Crippen LogP contribution is -2.24. The molecule has 128 valence electrons. The minimum atomic E-state index is -0.768. The highest BCUT2D eigenvalue weighted by molar-refractivity contribution is 5.76. The van der Waals surface area contributed by atoms with E-state index < -0.39 is 5.97 Å². The SMILES string of the molecule is O=C(O)CCCCCNC(=O)CCc1cnn(-c2ccccc2)c1. The predicted octanol–water partition coefficient (Wildman–Crippen LogP) is 2.57. The summed E-state index contributed by atoms with van der Waals surface area (Å²) in [5.74, 6) is -0.754. The highest BCUT2D eigenvalue weighted by atomic mass is 16.4. The van der Waals surface area contributed by atoms with Crippen molar-refractivity contribution in [1.82, 2.24) is 15.1 Å². The van der Waals surface area contributed by atoms with E-state index in [2.05, 4.69) is 10.4 Å². The van der Waals surface area contributed by atoms with Gasteiger partial charge in [0.15, 0.2) is 0 Å². The average molecular weight is 329 g/mol. The number of aliphatic carboxylic acids is 1. The quantitative estimate of drug-likeness (QED) is 0.656. The van der Waals surface area contributed by atoms with Crippen LogP contribution in [0.25, 0.3) is 5.69 Å². The molecule has 1 aromatic carbocycles. The summed E-state index contributed by atoms with van der Waals surface area (Å²) >= 11 is 0. The first-order valence-corrected chi connectivity index (χ1v) is 8.22. The zero-order valence-corrected chi connectivity index (χ0v) is 13.6. The maximum atomic E-state index is 11.8. The van der Waals surface area contributed by atoms with Crippen LogP contribution in [0.1, 0.15) is 37.7 Å². The molecule has 1 amide bonds. The fourth-order valence-electron chi connectivity index (χ4n) is 2.36. The second-order valence-electron chi connectivity index (χ2n) is 5.68. The number of hydrogen-bond donors (Lipinski definition) is 2. The normalized spacial score (nSPS) is 10.5. The molecule has 0 aliphatic rings. The second kappa shape index (κ2) is 9.50. The number of carbonyl (C=O) groups excluding carboxylic acids is 1. The van der Waals surface area contributed by atoms with E-state index in [4.69, 9.17) is 5.11 Å². The molecule has 1 aromatic heterocycles. The Hall–Kier alpha value is -2.63. The highest BCUT2D eigenvalue weighted by Crippen LogP contribution is 2.09. The Bertz CT molecular complexity index is 653. The van der Waals surface area contributed by atoms with Crippen LogP contribution in [0.3, 0.4) is 0 Å². The number of nitrogens with one attached hydrogen (secondary N) is 1. The van der Waals surface area contributed by atoms with Crippen molar-refractivity contribution in [2.45, 2.75) is 38.5 Å². The molecule has 2 rings (SSSR count). The summed E-state index contributed by atoms with van der Waals surface area (Å²) in [6.07, 6.45) is 7.28. The van der Waals surface area contributed by atoms with Crippen LogP contribution in [0, 0.1) is 0 Å². The van der Waals surface area contributed by atoms with Crippen LogP contribution in [-0.4, -0.2) is 33.3 Å². The summed E-state index contributed by atoms with van der Waals surface area (Å²) in [6.45, 7) is 0.599. The monoisotopic (exact) mass is 329 g/mol. The Kier molecular flexibility index (Phi) is 7.01. The van der Waals surface area contributed by atoms with Crippen molar-refractivity contribution >= 4 is 11.9 Å². The standard InChI is InChI=1S/C18H23N3O3/c22-17(19-12-6-2-5-9-18(23)24)11-10-15-13-20-21(14-15)16-7-3-1-4-8-16/h1,3-4,7-8,13-14H,2,5-6,9-12H2,(H,19,22)(H,23,24). The van der Waals surface area contributed by atoms with E-state index >= 15 is 0 Å². The number of amides is 1. The van der Waals surface area contributed by atoms with Crippen LogP contribution in [0.2, 0.25) is 0 Å². The van der Waals surface area contributed by atoms with Crippen molar-refractivity contribution in [2.75, 3.05) is 6.54 Å². The van der Waals surface area contributed by atoms with Gasteiger partial charge in [-0.2, -0.15) is 5.10 Å². The van der Waals surface area contributed by atoms with Crippen LogP contribution < -0.4 is 5.32 Å². The Balaban J connectivity index is 1.64. The average Bonchev–Trinajstić information content (AvgIpc) is 3.06. The molecular formula is C18H23N3O3. The fourth-order valence-corrected chi connectivity index (χ4v) is 2.36. The van der Waals surface area contributed by atoms with Gasteiger partial charge in [-0.3, -0.25) is 9.59 Å². The molecule has 0 spiro atoms. The van der Waals surface area contributed by atoms with Gasteiger partial charge in [0.2, 0.25) is 5.91 Å². The lowest BCUT2D eigenvalue weighted by molar-refractivity contribution is -0.137. The fraction of sp³-hybridized carbons (Fsp3) is 0.389. The lowest BCUT2D eigenvalue weighted by atomic mass is 10.2. The molecule has 0 atom stereocenters. The van der Waals surface area contributed by atoms with Crippen LogP contribution in [0.5, 0.6) is 0 Å². The summed E-state index contributed by atoms with van der Waals surface area (Å²) in [7, 11) is 0. The molecule has 0 unspecified atom stereocenters. The van der Waals surface area contributed by atoms with Gasteiger partial charge < -0.3 is 10.4 Å². The molecular weight excluding hydrogens is 306 g/mol. The largest absolute Gasteiger partial charge is 0.481 e. The van der Waals surface area contributed by atoms with Crippen molar-refractivity contribution in [1.29, 1.82) is 0 Å². The van der Waals surface area contributed by atoms with Crippen molar-refractivity contribution < 1.29 is 14.7 Å². The minimum absolute atomic E-state index is 0.0145. The van der Waals surface area contributed by atoms with Crippen molar-refractivity contribution in [3.8, 4) is 5.69 Å². The van der Waals surface area contributed by atoms with Crippen LogP contribution >= 0.6 is 0 Å². The van der Waals surface area contributed by atoms with Crippen molar-refractivity contribution in [3.05, 3.63) is 48.3 Å². The van der Waals surface area contributed by atoms with Gasteiger partial charge in [0.1, 0.15) is 0 Å². The third-order valence-corrected chi connectivity index (χ3v) is 3.69. The van der Waals surface area contributed by atoms with Gasteiger partial charge in [-0.1, -0.05) is 24.6 Å². The number of aromatic nitrogens is 2. The molecule has 0 saturated carbocycles. The first-order chi connectivity index (χ1) is 11.6. The number of unbranched alkanes of at least 4 members (excludes halogenated alkanes) is 2. The first-order valence-electron chi connectivity index (χ1n) is 8.22. The van der Waals surface area contributed by atoms with E-state index in [0.717, 1.165) is 24.1 Å². The Morgan fingerprint density at radius 3 is 2.62 bits per heavy atom. The summed E-state index contributed by atoms with van der Waals surface area (Å²) in [6, 6.07) is 9.84. The van der Waals surface area contributed by atoms with Gasteiger partial charge in [-0.15, -0.1) is 0 Å². The molecule has 0 aliphatic carbocycles. The number of rotatable bonds is 10. The molecule has 0 saturated heterocycles. The summed E-state index contributed by atoms with van der Waals surface area (Å²) < 4.78 is 1.80. The van der Waals surface area contributed by atoms with E-state index in [0.29, 0.717) is 25.8 Å². The number of para-hydroxylation sites is 1. The number of nitrogens with zero attached hydrogens (tertiary/aromatic N) is 2. The molecule has 1 heterocycles. The Morgan fingerprint density at radius 1 is 1.08 bits per heavy atom. The zero-order chi connectivity index (χ0) is 17.2. The summed E-state index contributed by atoms with van der Waals surface area (Å²) in [5.41, 5.74) is 2.02. The van der Waals surface area contributed by atoms with Crippen LogP contribution in [0.4, 0.5) is 0 Å². The number of hydrogen-bond acceptors (Lipinski definition) is 3. The number of carboxylic acid groups (broad SMARTS) is 1. The van der Waals surface area contributed by atoms with Gasteiger partial charge in [0.25, 0.3) is 0 Å². The van der Waals surface area contributed by atoms with Gasteiger partial charge in [0, 0.05) is 25.6 Å². The molecule has 0 bridgehead atoms. The maximum absolute atomic E-state index is 11.8. The Labute approximate surface area is 141 Å². The molecule has 2 N–H and O–H groups in total. The van der Waals surface area contributed by atoms with Gasteiger partial charge in [-0.05, 0) is 37.0 Å². The summed E-state index contributed by atoms with van der Waals surface area (Å²) in [4.78, 5) is 22.2. The van der Waals surface area contributed by atoms with E-state index in [9.17, 15) is 9.59 Å². The predicted molar refractivity (Wildman–Crippen MR) is 91.0 cm³/mol. The molecule has 6 heteroatoms. The van der Waals surface area contributed by atoms with E-state index in [-0.39, 0.29) is 12.3 Å². The maximum Gasteiger partial charge on any atom is 0.303 e.